The van der Waals surface area contributed by atoms with E-state index in [9.17, 15) is 5.11 Å². The second kappa shape index (κ2) is 7.99. The SMILES string of the molecule is COc1ccc(CN(C)C(CO)CCO)c(OC)c1. The van der Waals surface area contributed by atoms with Crippen molar-refractivity contribution in [3.8, 4) is 11.5 Å². The number of nitrogens with zero attached hydrogens (tertiary/aromatic N) is 1. The van der Waals surface area contributed by atoms with Crippen LogP contribution in [0.15, 0.2) is 18.2 Å². The van der Waals surface area contributed by atoms with Crippen molar-refractivity contribution in [2.75, 3.05) is 34.5 Å². The van der Waals surface area contributed by atoms with Crippen molar-refractivity contribution in [1.82, 2.24) is 4.90 Å². The molecule has 2 N–H and O–H groups in total. The average molecular weight is 269 g/mol. The number of rotatable bonds is 8. The van der Waals surface area contributed by atoms with Gasteiger partial charge in [0.2, 0.25) is 0 Å². The average Bonchev–Trinajstić information content (AvgIpc) is 2.44. The quantitative estimate of drug-likeness (QED) is 0.733. The summed E-state index contributed by atoms with van der Waals surface area (Å²) in [6, 6.07) is 5.60. The molecule has 0 bridgehead atoms. The van der Waals surface area contributed by atoms with Crippen LogP contribution in [0.5, 0.6) is 11.5 Å². The second-order valence-corrected chi connectivity index (χ2v) is 4.44. The monoisotopic (exact) mass is 269 g/mol. The first-order valence-electron chi connectivity index (χ1n) is 6.29. The van der Waals surface area contributed by atoms with Crippen LogP contribution in [0.2, 0.25) is 0 Å². The molecule has 0 aliphatic carbocycles. The largest absolute Gasteiger partial charge is 0.497 e. The van der Waals surface area contributed by atoms with Gasteiger partial charge in [-0.1, -0.05) is 6.07 Å². The molecule has 1 aromatic carbocycles. The van der Waals surface area contributed by atoms with Crippen molar-refractivity contribution in [1.29, 1.82) is 0 Å². The number of likely N-dealkylation sites (N-methyl/N-ethyl adjacent to an activating group) is 1. The van der Waals surface area contributed by atoms with Gasteiger partial charge in [0.25, 0.3) is 0 Å². The van der Waals surface area contributed by atoms with Crippen molar-refractivity contribution in [2.45, 2.75) is 19.0 Å². The lowest BCUT2D eigenvalue weighted by Gasteiger charge is -2.26. The van der Waals surface area contributed by atoms with Crippen LogP contribution >= 0.6 is 0 Å². The van der Waals surface area contributed by atoms with Crippen molar-refractivity contribution >= 4 is 0 Å². The Morgan fingerprint density at radius 2 is 1.95 bits per heavy atom. The van der Waals surface area contributed by atoms with E-state index in [1.165, 1.54) is 0 Å². The van der Waals surface area contributed by atoms with E-state index in [0.717, 1.165) is 17.1 Å². The molecule has 108 valence electrons. The van der Waals surface area contributed by atoms with Gasteiger partial charge >= 0.3 is 0 Å². The molecule has 0 amide bonds. The number of ether oxygens (including phenoxy) is 2. The standard InChI is InChI=1S/C14H23NO4/c1-15(12(10-17)6-7-16)9-11-4-5-13(18-2)8-14(11)19-3/h4-5,8,12,16-17H,6-7,9-10H2,1-3H3. The highest BCUT2D eigenvalue weighted by Crippen LogP contribution is 2.26. The summed E-state index contributed by atoms with van der Waals surface area (Å²) in [5.74, 6) is 1.50. The molecular weight excluding hydrogens is 246 g/mol. The first kappa shape index (κ1) is 15.8. The third-order valence-corrected chi connectivity index (χ3v) is 3.21. The maximum atomic E-state index is 9.31. The molecule has 0 radical (unpaired) electrons. The topological polar surface area (TPSA) is 62.2 Å². The van der Waals surface area contributed by atoms with Crippen molar-refractivity contribution in [3.05, 3.63) is 23.8 Å². The van der Waals surface area contributed by atoms with Crippen molar-refractivity contribution in [2.24, 2.45) is 0 Å². The van der Waals surface area contributed by atoms with Gasteiger partial charge in [-0.15, -0.1) is 0 Å². The third-order valence-electron chi connectivity index (χ3n) is 3.21. The van der Waals surface area contributed by atoms with Crippen LogP contribution in [0.25, 0.3) is 0 Å². The Morgan fingerprint density at radius 1 is 1.21 bits per heavy atom. The summed E-state index contributed by atoms with van der Waals surface area (Å²) in [6.07, 6.45) is 0.547. The van der Waals surface area contributed by atoms with Gasteiger partial charge < -0.3 is 19.7 Å². The maximum Gasteiger partial charge on any atom is 0.127 e. The van der Waals surface area contributed by atoms with Gasteiger partial charge in [-0.05, 0) is 19.5 Å². The van der Waals surface area contributed by atoms with Crippen LogP contribution in [0.3, 0.4) is 0 Å². The van der Waals surface area contributed by atoms with E-state index < -0.39 is 0 Å². The van der Waals surface area contributed by atoms with Crippen LogP contribution in [0, 0.1) is 0 Å². The summed E-state index contributed by atoms with van der Waals surface area (Å²) in [5.41, 5.74) is 1.02. The van der Waals surface area contributed by atoms with Crippen LogP contribution in [0.1, 0.15) is 12.0 Å². The predicted octanol–water partition coefficient (Wildman–Crippen LogP) is 0.879. The number of hydrogen-bond donors (Lipinski definition) is 2. The van der Waals surface area contributed by atoms with Gasteiger partial charge in [0.1, 0.15) is 11.5 Å². The minimum atomic E-state index is -0.0585. The zero-order valence-corrected chi connectivity index (χ0v) is 11.8. The fraction of sp³-hybridized carbons (Fsp3) is 0.571. The molecule has 19 heavy (non-hydrogen) atoms. The molecule has 1 atom stereocenters. The van der Waals surface area contributed by atoms with Gasteiger partial charge in [-0.2, -0.15) is 0 Å². The minimum Gasteiger partial charge on any atom is -0.497 e. The normalized spacial score (nSPS) is 12.5. The zero-order chi connectivity index (χ0) is 14.3. The number of aliphatic hydroxyl groups excluding tert-OH is 2. The lowest BCUT2D eigenvalue weighted by Crippen LogP contribution is -2.35. The summed E-state index contributed by atoms with van der Waals surface area (Å²) >= 11 is 0. The van der Waals surface area contributed by atoms with Crippen molar-refractivity contribution in [3.63, 3.8) is 0 Å². The molecule has 0 aliphatic rings. The van der Waals surface area contributed by atoms with Crippen LogP contribution in [-0.2, 0) is 6.54 Å². The van der Waals surface area contributed by atoms with Gasteiger partial charge in [-0.3, -0.25) is 4.90 Å². The highest BCUT2D eigenvalue weighted by atomic mass is 16.5. The first-order chi connectivity index (χ1) is 9.15. The number of benzene rings is 1. The molecule has 1 aromatic rings. The minimum absolute atomic E-state index is 0.0233. The maximum absolute atomic E-state index is 9.31. The Bertz CT molecular complexity index is 384. The summed E-state index contributed by atoms with van der Waals surface area (Å²) in [4.78, 5) is 2.00. The number of hydrogen-bond acceptors (Lipinski definition) is 5. The van der Waals surface area contributed by atoms with Crippen molar-refractivity contribution < 1.29 is 19.7 Å². The van der Waals surface area contributed by atoms with Crippen LogP contribution in [-0.4, -0.2) is 55.6 Å². The van der Waals surface area contributed by atoms with E-state index in [2.05, 4.69) is 0 Å². The fourth-order valence-corrected chi connectivity index (χ4v) is 1.98. The highest BCUT2D eigenvalue weighted by molar-refractivity contribution is 5.40. The summed E-state index contributed by atoms with van der Waals surface area (Å²) < 4.78 is 10.5. The Morgan fingerprint density at radius 3 is 2.47 bits per heavy atom. The molecule has 0 spiro atoms. The number of aliphatic hydroxyl groups is 2. The van der Waals surface area contributed by atoms with Gasteiger partial charge in [-0.25, -0.2) is 0 Å². The smallest absolute Gasteiger partial charge is 0.127 e. The third kappa shape index (κ3) is 4.38. The Kier molecular flexibility index (Phi) is 6.62. The predicted molar refractivity (Wildman–Crippen MR) is 73.6 cm³/mol. The molecule has 0 aromatic heterocycles. The van der Waals surface area contributed by atoms with E-state index in [4.69, 9.17) is 14.6 Å². The molecule has 5 nitrogen and oxygen atoms in total. The van der Waals surface area contributed by atoms with Gasteiger partial charge in [0, 0.05) is 30.8 Å². The van der Waals surface area contributed by atoms with Crippen LogP contribution < -0.4 is 9.47 Å². The number of methoxy groups -OCH3 is 2. The van der Waals surface area contributed by atoms with E-state index >= 15 is 0 Å². The lowest BCUT2D eigenvalue weighted by molar-refractivity contribution is 0.114. The second-order valence-electron chi connectivity index (χ2n) is 4.44. The summed E-state index contributed by atoms with van der Waals surface area (Å²) in [5, 5.41) is 18.3. The first-order valence-corrected chi connectivity index (χ1v) is 6.29. The Hall–Kier alpha value is -1.30. The van der Waals surface area contributed by atoms with Crippen LogP contribution in [0.4, 0.5) is 0 Å². The fourth-order valence-electron chi connectivity index (χ4n) is 1.98. The molecule has 0 aliphatic heterocycles. The molecule has 1 unspecified atom stereocenters. The molecule has 0 saturated carbocycles. The molecule has 0 fully saturated rings. The van der Waals surface area contributed by atoms with E-state index in [1.807, 2.05) is 30.1 Å². The molecule has 0 heterocycles. The molecular formula is C14H23NO4. The molecule has 5 heteroatoms. The van der Waals surface area contributed by atoms with E-state index in [0.29, 0.717) is 13.0 Å². The van der Waals surface area contributed by atoms with Gasteiger partial charge in [0.15, 0.2) is 0 Å². The Balaban J connectivity index is 2.80. The van der Waals surface area contributed by atoms with E-state index in [1.54, 1.807) is 14.2 Å². The molecule has 1 rings (SSSR count). The summed E-state index contributed by atoms with van der Waals surface area (Å²) in [7, 11) is 5.15. The zero-order valence-electron chi connectivity index (χ0n) is 11.8. The van der Waals surface area contributed by atoms with Gasteiger partial charge in [0.05, 0.1) is 20.8 Å². The Labute approximate surface area is 114 Å². The molecule has 0 saturated heterocycles. The van der Waals surface area contributed by atoms with E-state index in [-0.39, 0.29) is 19.3 Å². The highest BCUT2D eigenvalue weighted by Gasteiger charge is 2.15. The summed E-state index contributed by atoms with van der Waals surface area (Å²) in [6.45, 7) is 0.725. The lowest BCUT2D eigenvalue weighted by atomic mass is 10.1.